The average Bonchev–Trinajstić information content (AvgIpc) is 2.28. The summed E-state index contributed by atoms with van der Waals surface area (Å²) in [4.78, 5) is 8.34. The van der Waals surface area contributed by atoms with Crippen LogP contribution in [0.1, 0.15) is 32.4 Å². The number of aromatic nitrogens is 2. The minimum Gasteiger partial charge on any atom is -0.460 e. The van der Waals surface area contributed by atoms with Crippen LogP contribution in [0.25, 0.3) is 0 Å². The molecule has 94 valence electrons. The second kappa shape index (κ2) is 5.42. The van der Waals surface area contributed by atoms with E-state index in [1.807, 2.05) is 0 Å². The monoisotopic (exact) mass is 237 g/mol. The third-order valence-corrected chi connectivity index (χ3v) is 2.83. The molecule has 0 amide bonds. The van der Waals surface area contributed by atoms with Gasteiger partial charge in [0.25, 0.3) is 0 Å². The number of rotatable bonds is 3. The molecule has 0 aliphatic carbocycles. The predicted octanol–water partition coefficient (Wildman–Crippen LogP) is 1.27. The maximum Gasteiger partial charge on any atom is 0.316 e. The number of hydrogen-bond acceptors (Lipinski definition) is 5. The van der Waals surface area contributed by atoms with Crippen LogP contribution >= 0.6 is 0 Å². The van der Waals surface area contributed by atoms with Crippen molar-refractivity contribution in [2.24, 2.45) is 5.73 Å². The van der Waals surface area contributed by atoms with Gasteiger partial charge in [-0.15, -0.1) is 0 Å². The second-order valence-electron chi connectivity index (χ2n) is 4.50. The van der Waals surface area contributed by atoms with Crippen molar-refractivity contribution in [2.45, 2.75) is 51.5 Å². The first-order valence-corrected chi connectivity index (χ1v) is 6.01. The minimum atomic E-state index is 0.127. The van der Waals surface area contributed by atoms with E-state index in [1.54, 1.807) is 12.3 Å². The van der Waals surface area contributed by atoms with Gasteiger partial charge in [-0.3, -0.25) is 0 Å². The van der Waals surface area contributed by atoms with E-state index < -0.39 is 0 Å². The number of hydrogen-bond donors (Lipinski definition) is 1. The van der Waals surface area contributed by atoms with Crippen molar-refractivity contribution in [1.82, 2.24) is 9.97 Å². The van der Waals surface area contributed by atoms with E-state index in [4.69, 9.17) is 15.2 Å². The highest BCUT2D eigenvalue weighted by Crippen LogP contribution is 2.22. The fourth-order valence-corrected chi connectivity index (χ4v) is 2.14. The zero-order valence-corrected chi connectivity index (χ0v) is 10.3. The van der Waals surface area contributed by atoms with Crippen LogP contribution in [0.5, 0.6) is 6.01 Å². The largest absolute Gasteiger partial charge is 0.460 e. The summed E-state index contributed by atoms with van der Waals surface area (Å²) >= 11 is 0. The predicted molar refractivity (Wildman–Crippen MR) is 63.6 cm³/mol. The molecule has 1 aliphatic rings. The molecule has 0 radical (unpaired) electrons. The lowest BCUT2D eigenvalue weighted by Gasteiger charge is -2.31. The molecule has 5 heteroatoms. The fourth-order valence-electron chi connectivity index (χ4n) is 2.14. The molecule has 2 unspecified atom stereocenters. The van der Waals surface area contributed by atoms with Gasteiger partial charge in [-0.1, -0.05) is 0 Å². The summed E-state index contributed by atoms with van der Waals surface area (Å²) in [5.41, 5.74) is 6.32. The van der Waals surface area contributed by atoms with Crippen LogP contribution in [0.4, 0.5) is 0 Å². The highest BCUT2D eigenvalue weighted by atomic mass is 16.5. The van der Waals surface area contributed by atoms with Gasteiger partial charge in [0.15, 0.2) is 0 Å². The van der Waals surface area contributed by atoms with Crippen molar-refractivity contribution in [3.63, 3.8) is 0 Å². The summed E-state index contributed by atoms with van der Waals surface area (Å²) in [6.07, 6.45) is 4.00. The summed E-state index contributed by atoms with van der Waals surface area (Å²) in [6, 6.07) is 2.21. The number of nitrogens with zero attached hydrogens (tertiary/aromatic N) is 2. The van der Waals surface area contributed by atoms with Crippen molar-refractivity contribution in [3.8, 4) is 6.01 Å². The Hall–Kier alpha value is -1.20. The van der Waals surface area contributed by atoms with Crippen LogP contribution in [-0.4, -0.2) is 28.3 Å². The van der Waals surface area contributed by atoms with Gasteiger partial charge in [0, 0.05) is 25.6 Å². The second-order valence-corrected chi connectivity index (χ2v) is 4.50. The van der Waals surface area contributed by atoms with Gasteiger partial charge >= 0.3 is 6.01 Å². The normalized spacial score (nSPS) is 29.0. The van der Waals surface area contributed by atoms with Gasteiger partial charge in [0.05, 0.1) is 17.9 Å². The quantitative estimate of drug-likeness (QED) is 0.857. The van der Waals surface area contributed by atoms with Crippen LogP contribution in [0.3, 0.4) is 0 Å². The Kier molecular flexibility index (Phi) is 3.91. The maximum atomic E-state index is 5.78. The molecule has 0 spiro atoms. The van der Waals surface area contributed by atoms with E-state index in [2.05, 4.69) is 23.8 Å². The zero-order valence-electron chi connectivity index (χ0n) is 10.3. The maximum absolute atomic E-state index is 5.78. The fraction of sp³-hybridized carbons (Fsp3) is 0.667. The zero-order chi connectivity index (χ0) is 12.3. The lowest BCUT2D eigenvalue weighted by Crippen LogP contribution is -2.36. The van der Waals surface area contributed by atoms with Crippen LogP contribution in [0.2, 0.25) is 0 Å². The van der Waals surface area contributed by atoms with Gasteiger partial charge < -0.3 is 15.2 Å². The molecule has 2 atom stereocenters. The summed E-state index contributed by atoms with van der Waals surface area (Å²) in [7, 11) is 0. The molecular formula is C12H19N3O2. The summed E-state index contributed by atoms with van der Waals surface area (Å²) in [5.74, 6) is 0. The highest BCUT2D eigenvalue weighted by Gasteiger charge is 2.26. The van der Waals surface area contributed by atoms with Crippen molar-refractivity contribution in [2.75, 3.05) is 0 Å². The Morgan fingerprint density at radius 2 is 2.12 bits per heavy atom. The Morgan fingerprint density at radius 1 is 1.41 bits per heavy atom. The Bertz CT molecular complexity index is 363. The summed E-state index contributed by atoms with van der Waals surface area (Å²) in [6.45, 7) is 4.52. The van der Waals surface area contributed by atoms with Crippen LogP contribution in [0.15, 0.2) is 12.3 Å². The molecular weight excluding hydrogens is 218 g/mol. The van der Waals surface area contributed by atoms with Gasteiger partial charge in [0.2, 0.25) is 0 Å². The first-order chi connectivity index (χ1) is 8.17. The van der Waals surface area contributed by atoms with Crippen molar-refractivity contribution in [1.29, 1.82) is 0 Å². The van der Waals surface area contributed by atoms with Gasteiger partial charge in [-0.2, -0.15) is 4.98 Å². The average molecular weight is 237 g/mol. The summed E-state index contributed by atoms with van der Waals surface area (Å²) in [5, 5.41) is 0. The molecule has 1 aromatic rings. The number of nitrogens with two attached hydrogens (primary N) is 1. The molecule has 1 saturated heterocycles. The van der Waals surface area contributed by atoms with Gasteiger partial charge in [-0.25, -0.2) is 4.98 Å². The van der Waals surface area contributed by atoms with E-state index >= 15 is 0 Å². The standard InChI is InChI=1S/C12H19N3O2/c1-8-5-11(6-9(2)16-8)17-12-14-4-3-10(7-13)15-12/h3-4,8-9,11H,5-7,13H2,1-2H3. The lowest BCUT2D eigenvalue weighted by atomic mass is 10.0. The Morgan fingerprint density at radius 3 is 2.76 bits per heavy atom. The molecule has 0 saturated carbocycles. The number of ether oxygens (including phenoxy) is 2. The first-order valence-electron chi connectivity index (χ1n) is 6.01. The smallest absolute Gasteiger partial charge is 0.316 e. The summed E-state index contributed by atoms with van der Waals surface area (Å²) < 4.78 is 11.4. The van der Waals surface area contributed by atoms with Crippen LogP contribution < -0.4 is 10.5 Å². The Balaban J connectivity index is 1.99. The van der Waals surface area contributed by atoms with E-state index in [-0.39, 0.29) is 18.3 Å². The van der Waals surface area contributed by atoms with Crippen molar-refractivity contribution >= 4 is 0 Å². The van der Waals surface area contributed by atoms with Crippen LogP contribution in [0, 0.1) is 0 Å². The third-order valence-electron chi connectivity index (χ3n) is 2.83. The molecule has 1 aromatic heterocycles. The van der Waals surface area contributed by atoms with Crippen molar-refractivity contribution in [3.05, 3.63) is 18.0 Å². The Labute approximate surface area is 101 Å². The van der Waals surface area contributed by atoms with E-state index in [1.165, 1.54) is 0 Å². The van der Waals surface area contributed by atoms with E-state index in [9.17, 15) is 0 Å². The highest BCUT2D eigenvalue weighted by molar-refractivity contribution is 5.05. The van der Waals surface area contributed by atoms with Gasteiger partial charge in [-0.05, 0) is 19.9 Å². The molecule has 2 N–H and O–H groups in total. The molecule has 0 aromatic carbocycles. The first kappa shape index (κ1) is 12.3. The third kappa shape index (κ3) is 3.38. The molecule has 1 fully saturated rings. The van der Waals surface area contributed by atoms with E-state index in [0.29, 0.717) is 12.6 Å². The molecule has 1 aliphatic heterocycles. The SMILES string of the molecule is CC1CC(Oc2nccc(CN)n2)CC(C)O1. The molecule has 5 nitrogen and oxygen atoms in total. The minimum absolute atomic E-state index is 0.127. The molecule has 0 bridgehead atoms. The molecule has 2 heterocycles. The van der Waals surface area contributed by atoms with Crippen LogP contribution in [-0.2, 0) is 11.3 Å². The topological polar surface area (TPSA) is 70.3 Å². The molecule has 17 heavy (non-hydrogen) atoms. The molecule has 2 rings (SSSR count). The van der Waals surface area contributed by atoms with Crippen molar-refractivity contribution < 1.29 is 9.47 Å². The van der Waals surface area contributed by atoms with E-state index in [0.717, 1.165) is 18.5 Å². The van der Waals surface area contributed by atoms with Gasteiger partial charge in [0.1, 0.15) is 6.10 Å². The lowest BCUT2D eigenvalue weighted by molar-refractivity contribution is -0.0739.